The molecule has 1 spiro atoms. The number of aliphatic hydroxyl groups excluding tert-OH is 1. The molecule has 3 atom stereocenters. The van der Waals surface area contributed by atoms with Crippen molar-refractivity contribution in [2.45, 2.75) is 56.5 Å². The predicted molar refractivity (Wildman–Crippen MR) is 239 cm³/mol. The first-order valence-corrected chi connectivity index (χ1v) is 21.3. The third-order valence-electron chi connectivity index (χ3n) is 12.2. The number of nitrogens with one attached hydrogen (secondary N) is 3. The van der Waals surface area contributed by atoms with Crippen LogP contribution in [0.25, 0.3) is 11.1 Å². The molecule has 3 aliphatic rings. The highest BCUT2D eigenvalue weighted by atomic mass is 16.7. The van der Waals surface area contributed by atoms with E-state index in [1.54, 1.807) is 0 Å². The molecule has 0 saturated carbocycles. The lowest BCUT2D eigenvalue weighted by Gasteiger charge is -2.45. The minimum Gasteiger partial charge on any atom is -0.457 e. The molecule has 6 aromatic rings. The number of piperidine rings is 1. The summed E-state index contributed by atoms with van der Waals surface area (Å²) in [5.41, 5.74) is 7.02. The monoisotopic (exact) mass is 829 g/mol. The lowest BCUT2D eigenvalue weighted by molar-refractivity contribution is -0.253. The van der Waals surface area contributed by atoms with Crippen molar-refractivity contribution < 1.29 is 28.9 Å². The molecule has 3 fully saturated rings. The minimum absolute atomic E-state index is 0.0148. The number of rotatable bonds is 12. The number of aliphatic hydroxyl groups is 1. The number of hydrogen-bond donors (Lipinski definition) is 4. The van der Waals surface area contributed by atoms with E-state index in [1.165, 1.54) is 0 Å². The molecule has 3 heterocycles. The van der Waals surface area contributed by atoms with E-state index in [9.17, 15) is 14.7 Å². The summed E-state index contributed by atoms with van der Waals surface area (Å²) >= 11 is 0. The lowest BCUT2D eigenvalue weighted by Crippen LogP contribution is -2.57. The van der Waals surface area contributed by atoms with Crippen molar-refractivity contribution in [3.8, 4) is 22.6 Å². The Hall–Kier alpha value is -6.50. The van der Waals surface area contributed by atoms with Gasteiger partial charge in [0, 0.05) is 49.5 Å². The first-order valence-electron chi connectivity index (χ1n) is 21.3. The molecule has 0 aliphatic carbocycles. The normalized spacial score (nSPS) is 19.8. The molecular formula is C51H51N5O6. The highest BCUT2D eigenvalue weighted by Gasteiger charge is 2.50. The van der Waals surface area contributed by atoms with E-state index >= 15 is 0 Å². The van der Waals surface area contributed by atoms with Gasteiger partial charge in [-0.2, -0.15) is 0 Å². The van der Waals surface area contributed by atoms with Crippen LogP contribution < -0.4 is 25.6 Å². The Morgan fingerprint density at radius 1 is 0.742 bits per heavy atom. The molecule has 0 aromatic heterocycles. The number of benzene rings is 6. The van der Waals surface area contributed by atoms with Crippen LogP contribution in [0.4, 0.5) is 16.2 Å². The first-order chi connectivity index (χ1) is 30.4. The zero-order chi connectivity index (χ0) is 42.3. The number of likely N-dealkylation sites (tertiary alicyclic amines) is 1. The Labute approximate surface area is 362 Å². The second-order valence-electron chi connectivity index (χ2n) is 16.2. The molecule has 0 unspecified atom stereocenters. The molecule has 3 aliphatic heterocycles. The first kappa shape index (κ1) is 40.9. The number of carbonyl (C=O) groups excluding carboxylic acids is 2. The summed E-state index contributed by atoms with van der Waals surface area (Å²) in [7, 11) is 0. The fourth-order valence-electron chi connectivity index (χ4n) is 8.74. The number of nitrogens with zero attached hydrogens (tertiary/aromatic N) is 2. The van der Waals surface area contributed by atoms with Crippen LogP contribution in [0.2, 0.25) is 0 Å². The topological polar surface area (TPSA) is 125 Å². The van der Waals surface area contributed by atoms with Gasteiger partial charge in [-0.3, -0.25) is 4.79 Å². The number of anilines is 2. The third-order valence-corrected chi connectivity index (χ3v) is 12.2. The molecular weight excluding hydrogens is 779 g/mol. The molecule has 0 bridgehead atoms. The third kappa shape index (κ3) is 9.36. The summed E-state index contributed by atoms with van der Waals surface area (Å²) in [6.07, 6.45) is 1.25. The highest BCUT2D eigenvalue weighted by Crippen LogP contribution is 2.40. The van der Waals surface area contributed by atoms with Crippen molar-refractivity contribution in [1.29, 1.82) is 0 Å². The highest BCUT2D eigenvalue weighted by molar-refractivity contribution is 5.93. The van der Waals surface area contributed by atoms with Crippen molar-refractivity contribution in [3.05, 3.63) is 180 Å². The number of amides is 3. The van der Waals surface area contributed by atoms with Gasteiger partial charge in [0.15, 0.2) is 6.29 Å². The van der Waals surface area contributed by atoms with E-state index in [0.717, 1.165) is 77.3 Å². The number of urea groups is 1. The Morgan fingerprint density at radius 2 is 1.44 bits per heavy atom. The van der Waals surface area contributed by atoms with Crippen molar-refractivity contribution in [2.75, 3.05) is 36.5 Å². The SMILES string of the molecule is O=C(NCc1cccc(-c2ccc([C@@H]3O[C@H](CN4CCC5(CC4)C(=O)NCN5c4ccccc4)C[C@H](c4ccc(CO)cc4)O3)cc2)c1)Nc1ccc(Oc2ccccc2)cc1. The Kier molecular flexibility index (Phi) is 12.3. The maximum Gasteiger partial charge on any atom is 0.319 e. The lowest BCUT2D eigenvalue weighted by atomic mass is 9.85. The fourth-order valence-corrected chi connectivity index (χ4v) is 8.74. The molecule has 11 heteroatoms. The van der Waals surface area contributed by atoms with E-state index in [4.69, 9.17) is 14.2 Å². The van der Waals surface area contributed by atoms with Gasteiger partial charge in [-0.05, 0) is 95.3 Å². The van der Waals surface area contributed by atoms with Crippen molar-refractivity contribution in [3.63, 3.8) is 0 Å². The number of para-hydroxylation sites is 2. The van der Waals surface area contributed by atoms with Crippen molar-refractivity contribution in [2.24, 2.45) is 0 Å². The average molecular weight is 830 g/mol. The van der Waals surface area contributed by atoms with Gasteiger partial charge in [-0.1, -0.05) is 103 Å². The van der Waals surface area contributed by atoms with Gasteiger partial charge in [0.25, 0.3) is 0 Å². The van der Waals surface area contributed by atoms with E-state index < -0.39 is 11.8 Å². The van der Waals surface area contributed by atoms with Crippen molar-refractivity contribution >= 4 is 23.3 Å². The summed E-state index contributed by atoms with van der Waals surface area (Å²) in [5, 5.41) is 18.6. The maximum absolute atomic E-state index is 13.3. The van der Waals surface area contributed by atoms with Crippen molar-refractivity contribution in [1.82, 2.24) is 15.5 Å². The van der Waals surface area contributed by atoms with Gasteiger partial charge in [-0.25, -0.2) is 4.79 Å². The van der Waals surface area contributed by atoms with Crippen LogP contribution in [0.1, 0.15) is 53.9 Å². The van der Waals surface area contributed by atoms with Crippen LogP contribution in [0.15, 0.2) is 158 Å². The second kappa shape index (κ2) is 18.6. The zero-order valence-corrected chi connectivity index (χ0v) is 34.5. The average Bonchev–Trinajstić information content (AvgIpc) is 3.64. The number of ether oxygens (including phenoxy) is 3. The van der Waals surface area contributed by atoms with E-state index in [-0.39, 0.29) is 30.8 Å². The van der Waals surface area contributed by atoms with Crippen LogP contribution >= 0.6 is 0 Å². The smallest absolute Gasteiger partial charge is 0.319 e. The van der Waals surface area contributed by atoms with Crippen LogP contribution in [-0.2, 0) is 27.4 Å². The van der Waals surface area contributed by atoms with E-state index in [0.29, 0.717) is 31.1 Å². The minimum atomic E-state index is -0.586. The summed E-state index contributed by atoms with van der Waals surface area (Å²) in [6.45, 7) is 3.15. The molecule has 3 amide bonds. The standard InChI is InChI=1S/C51H51N5O6/c57-34-36-14-16-39(17-15-36)47-31-46(33-55-28-26-51(27-29-55)49(58)53-35-56(51)43-10-3-1-4-11-43)61-48(62-47)40-20-18-38(19-21-40)41-9-7-8-37(30-41)32-52-50(59)54-42-22-24-45(25-23-42)60-44-12-5-2-6-13-44/h1-25,30,46-48,57H,26-29,31-35H2,(H,53,58)(H2,52,54,59)/t46-,47+,48+/m0/s1. The molecule has 9 rings (SSSR count). The molecule has 6 aromatic carbocycles. The Morgan fingerprint density at radius 3 is 2.16 bits per heavy atom. The van der Waals surface area contributed by atoms with Gasteiger partial charge in [0.1, 0.15) is 17.0 Å². The van der Waals surface area contributed by atoms with Crippen LogP contribution in [0.3, 0.4) is 0 Å². The van der Waals surface area contributed by atoms with Crippen LogP contribution in [0.5, 0.6) is 11.5 Å². The maximum atomic E-state index is 13.3. The summed E-state index contributed by atoms with van der Waals surface area (Å²) in [4.78, 5) is 30.8. The van der Waals surface area contributed by atoms with E-state index in [1.807, 2.05) is 109 Å². The fraction of sp³-hybridized carbons (Fsp3) is 0.255. The van der Waals surface area contributed by atoms with Gasteiger partial charge >= 0.3 is 6.03 Å². The Bertz CT molecular complexity index is 2420. The number of hydrogen-bond acceptors (Lipinski definition) is 8. The van der Waals surface area contributed by atoms with Gasteiger partial charge in [-0.15, -0.1) is 0 Å². The number of carbonyl (C=O) groups is 2. The van der Waals surface area contributed by atoms with Crippen LogP contribution in [0, 0.1) is 0 Å². The van der Waals surface area contributed by atoms with Gasteiger partial charge < -0.3 is 45.1 Å². The summed E-state index contributed by atoms with van der Waals surface area (Å²) in [6, 6.07) is 51.1. The summed E-state index contributed by atoms with van der Waals surface area (Å²) < 4.78 is 19.3. The predicted octanol–water partition coefficient (Wildman–Crippen LogP) is 8.93. The molecule has 62 heavy (non-hydrogen) atoms. The molecule has 11 nitrogen and oxygen atoms in total. The molecule has 316 valence electrons. The van der Waals surface area contributed by atoms with E-state index in [2.05, 4.69) is 74.3 Å². The van der Waals surface area contributed by atoms with Gasteiger partial charge in [0.05, 0.1) is 25.5 Å². The zero-order valence-electron chi connectivity index (χ0n) is 34.5. The molecule has 0 radical (unpaired) electrons. The molecule has 4 N–H and O–H groups in total. The quantitative estimate of drug-likeness (QED) is 0.0965. The Balaban J connectivity index is 0.831. The van der Waals surface area contributed by atoms with Crippen LogP contribution in [-0.4, -0.2) is 59.9 Å². The molecule has 3 saturated heterocycles. The largest absolute Gasteiger partial charge is 0.457 e. The summed E-state index contributed by atoms with van der Waals surface area (Å²) in [5.74, 6) is 1.54. The second-order valence-corrected chi connectivity index (χ2v) is 16.2. The van der Waals surface area contributed by atoms with Gasteiger partial charge in [0.2, 0.25) is 5.91 Å².